The van der Waals surface area contributed by atoms with Crippen LogP contribution in [0.2, 0.25) is 0 Å². The standard InChI is InChI=1S/C12H26N4/c13-9-1-5-11(6-2-9)15-16-12-7-3-10(14)4-8-12/h9-12,15-16H,1-8,13-14H2. The number of nitrogens with two attached hydrogens (primary N) is 2. The summed E-state index contributed by atoms with van der Waals surface area (Å²) in [7, 11) is 0. The third-order valence-corrected chi connectivity index (χ3v) is 4.04. The first-order valence-corrected chi connectivity index (χ1v) is 6.76. The van der Waals surface area contributed by atoms with E-state index in [1.165, 1.54) is 25.7 Å². The van der Waals surface area contributed by atoms with Gasteiger partial charge < -0.3 is 11.5 Å². The molecule has 2 aliphatic rings. The lowest BCUT2D eigenvalue weighted by molar-refractivity contribution is 0.256. The third kappa shape index (κ3) is 3.70. The van der Waals surface area contributed by atoms with Gasteiger partial charge in [0.2, 0.25) is 0 Å². The van der Waals surface area contributed by atoms with Crippen molar-refractivity contribution in [1.29, 1.82) is 0 Å². The van der Waals surface area contributed by atoms with E-state index >= 15 is 0 Å². The SMILES string of the molecule is NC1CCC(NNC2CCC(N)CC2)CC1. The van der Waals surface area contributed by atoms with E-state index in [0.29, 0.717) is 24.2 Å². The second-order valence-electron chi connectivity index (χ2n) is 5.51. The fraction of sp³-hybridized carbons (Fsp3) is 1.00. The van der Waals surface area contributed by atoms with Crippen LogP contribution in [-0.2, 0) is 0 Å². The average molecular weight is 226 g/mol. The lowest BCUT2D eigenvalue weighted by atomic mass is 9.91. The Hall–Kier alpha value is -0.160. The molecule has 0 heterocycles. The molecule has 0 amide bonds. The first-order valence-electron chi connectivity index (χ1n) is 6.76. The number of hydrazine groups is 1. The molecule has 4 heteroatoms. The van der Waals surface area contributed by atoms with Crippen molar-refractivity contribution < 1.29 is 0 Å². The smallest absolute Gasteiger partial charge is 0.0214 e. The van der Waals surface area contributed by atoms with Gasteiger partial charge in [-0.25, -0.2) is 0 Å². The summed E-state index contributed by atoms with van der Waals surface area (Å²) in [6.45, 7) is 0. The van der Waals surface area contributed by atoms with E-state index in [1.807, 2.05) is 0 Å². The fourth-order valence-corrected chi connectivity index (χ4v) is 2.76. The molecule has 4 nitrogen and oxygen atoms in total. The summed E-state index contributed by atoms with van der Waals surface area (Å²) >= 11 is 0. The molecule has 0 spiro atoms. The van der Waals surface area contributed by atoms with Crippen molar-refractivity contribution in [2.24, 2.45) is 11.5 Å². The van der Waals surface area contributed by atoms with Crippen LogP contribution < -0.4 is 22.3 Å². The van der Waals surface area contributed by atoms with Crippen molar-refractivity contribution in [2.75, 3.05) is 0 Å². The van der Waals surface area contributed by atoms with Crippen LogP contribution in [0.5, 0.6) is 0 Å². The molecule has 0 atom stereocenters. The lowest BCUT2D eigenvalue weighted by Gasteiger charge is -2.31. The predicted octanol–water partition coefficient (Wildman–Crippen LogP) is 0.620. The second-order valence-corrected chi connectivity index (χ2v) is 5.51. The highest BCUT2D eigenvalue weighted by atomic mass is 15.4. The highest BCUT2D eigenvalue weighted by Crippen LogP contribution is 2.18. The number of hydrogen-bond donors (Lipinski definition) is 4. The fourth-order valence-electron chi connectivity index (χ4n) is 2.76. The Morgan fingerprint density at radius 1 is 0.562 bits per heavy atom. The summed E-state index contributed by atoms with van der Waals surface area (Å²) < 4.78 is 0. The highest BCUT2D eigenvalue weighted by molar-refractivity contribution is 4.81. The number of rotatable bonds is 3. The van der Waals surface area contributed by atoms with Crippen molar-refractivity contribution >= 4 is 0 Å². The third-order valence-electron chi connectivity index (χ3n) is 4.04. The van der Waals surface area contributed by atoms with Crippen molar-refractivity contribution in [1.82, 2.24) is 10.9 Å². The lowest BCUT2D eigenvalue weighted by Crippen LogP contribution is -2.50. The largest absolute Gasteiger partial charge is 0.328 e. The molecular formula is C12H26N4. The molecule has 0 aromatic heterocycles. The second kappa shape index (κ2) is 5.96. The molecule has 0 bridgehead atoms. The molecule has 0 radical (unpaired) electrons. The minimum atomic E-state index is 0.436. The Kier molecular flexibility index (Phi) is 4.58. The molecule has 0 saturated heterocycles. The van der Waals surface area contributed by atoms with Crippen LogP contribution in [0.1, 0.15) is 51.4 Å². The van der Waals surface area contributed by atoms with Crippen molar-refractivity contribution in [3.63, 3.8) is 0 Å². The molecule has 0 unspecified atom stereocenters. The summed E-state index contributed by atoms with van der Waals surface area (Å²) in [5.74, 6) is 0. The average Bonchev–Trinajstić information content (AvgIpc) is 2.30. The zero-order chi connectivity index (χ0) is 11.4. The predicted molar refractivity (Wildman–Crippen MR) is 66.7 cm³/mol. The molecular weight excluding hydrogens is 200 g/mol. The summed E-state index contributed by atoms with van der Waals surface area (Å²) in [6.07, 6.45) is 9.48. The van der Waals surface area contributed by atoms with Gasteiger partial charge in [0.05, 0.1) is 0 Å². The molecule has 2 rings (SSSR count). The van der Waals surface area contributed by atoms with E-state index in [4.69, 9.17) is 11.5 Å². The van der Waals surface area contributed by atoms with Gasteiger partial charge in [0.25, 0.3) is 0 Å². The van der Waals surface area contributed by atoms with Gasteiger partial charge in [-0.15, -0.1) is 0 Å². The number of nitrogens with one attached hydrogen (secondary N) is 2. The minimum absolute atomic E-state index is 0.436. The van der Waals surface area contributed by atoms with Gasteiger partial charge in [0.1, 0.15) is 0 Å². The Morgan fingerprint density at radius 2 is 0.875 bits per heavy atom. The maximum absolute atomic E-state index is 5.89. The molecule has 2 aliphatic carbocycles. The van der Waals surface area contributed by atoms with E-state index in [1.54, 1.807) is 0 Å². The summed E-state index contributed by atoms with van der Waals surface area (Å²) in [5, 5.41) is 0. The van der Waals surface area contributed by atoms with Crippen LogP contribution in [0.4, 0.5) is 0 Å². The van der Waals surface area contributed by atoms with E-state index in [2.05, 4.69) is 10.9 Å². The van der Waals surface area contributed by atoms with Gasteiger partial charge in [0, 0.05) is 24.2 Å². The zero-order valence-electron chi connectivity index (χ0n) is 10.1. The Balaban J connectivity index is 1.60. The minimum Gasteiger partial charge on any atom is -0.328 e. The van der Waals surface area contributed by atoms with Gasteiger partial charge in [0.15, 0.2) is 0 Å². The number of hydrogen-bond acceptors (Lipinski definition) is 4. The van der Waals surface area contributed by atoms with Crippen LogP contribution in [0.3, 0.4) is 0 Å². The van der Waals surface area contributed by atoms with E-state index < -0.39 is 0 Å². The Morgan fingerprint density at radius 3 is 1.19 bits per heavy atom. The molecule has 2 saturated carbocycles. The molecule has 0 aromatic rings. The zero-order valence-corrected chi connectivity index (χ0v) is 10.1. The maximum atomic E-state index is 5.89. The first-order chi connectivity index (χ1) is 7.74. The van der Waals surface area contributed by atoms with Gasteiger partial charge in [-0.2, -0.15) is 0 Å². The quantitative estimate of drug-likeness (QED) is 0.532. The Bertz CT molecular complexity index is 171. The van der Waals surface area contributed by atoms with Gasteiger partial charge in [-0.05, 0) is 51.4 Å². The molecule has 16 heavy (non-hydrogen) atoms. The first kappa shape index (κ1) is 12.3. The van der Waals surface area contributed by atoms with Gasteiger partial charge in [-0.1, -0.05) is 0 Å². The van der Waals surface area contributed by atoms with E-state index in [0.717, 1.165) is 25.7 Å². The van der Waals surface area contributed by atoms with Crippen molar-refractivity contribution in [2.45, 2.75) is 75.5 Å². The van der Waals surface area contributed by atoms with Gasteiger partial charge >= 0.3 is 0 Å². The molecule has 6 N–H and O–H groups in total. The van der Waals surface area contributed by atoms with Crippen LogP contribution in [0.25, 0.3) is 0 Å². The van der Waals surface area contributed by atoms with E-state index in [9.17, 15) is 0 Å². The molecule has 0 aliphatic heterocycles. The highest BCUT2D eigenvalue weighted by Gasteiger charge is 2.21. The topological polar surface area (TPSA) is 76.1 Å². The van der Waals surface area contributed by atoms with Crippen LogP contribution in [0, 0.1) is 0 Å². The normalized spacial score (nSPS) is 40.9. The van der Waals surface area contributed by atoms with Crippen LogP contribution >= 0.6 is 0 Å². The maximum Gasteiger partial charge on any atom is 0.0214 e. The van der Waals surface area contributed by atoms with Crippen LogP contribution in [-0.4, -0.2) is 24.2 Å². The van der Waals surface area contributed by atoms with Crippen molar-refractivity contribution in [3.8, 4) is 0 Å². The summed E-state index contributed by atoms with van der Waals surface area (Å²) in [4.78, 5) is 0. The van der Waals surface area contributed by atoms with Crippen LogP contribution in [0.15, 0.2) is 0 Å². The monoisotopic (exact) mass is 226 g/mol. The van der Waals surface area contributed by atoms with Gasteiger partial charge in [-0.3, -0.25) is 10.9 Å². The molecule has 94 valence electrons. The van der Waals surface area contributed by atoms with Crippen molar-refractivity contribution in [3.05, 3.63) is 0 Å². The Labute approximate surface area is 98.5 Å². The summed E-state index contributed by atoms with van der Waals surface area (Å²) in [6, 6.07) is 2.11. The van der Waals surface area contributed by atoms with E-state index in [-0.39, 0.29) is 0 Å². The molecule has 2 fully saturated rings. The molecule has 0 aromatic carbocycles. The summed E-state index contributed by atoms with van der Waals surface area (Å²) in [5.41, 5.74) is 18.7.